The lowest BCUT2D eigenvalue weighted by atomic mass is 10.0. The third-order valence-corrected chi connectivity index (χ3v) is 10.6. The first-order valence-electron chi connectivity index (χ1n) is 22.5. The monoisotopic (exact) mass is 721 g/mol. The van der Waals surface area contributed by atoms with E-state index in [0.717, 1.165) is 26.1 Å². The molecule has 298 valence electrons. The van der Waals surface area contributed by atoms with Gasteiger partial charge in [-0.25, -0.2) is 0 Å². The summed E-state index contributed by atoms with van der Waals surface area (Å²) in [7, 11) is 0. The minimum Gasteiger partial charge on any atom is -0.377 e. The molecule has 0 spiro atoms. The Bertz CT molecular complexity index is 975. The number of unbranched alkanes of at least 4 members (excludes halogenated alkanes) is 16. The average molecular weight is 721 g/mol. The SMILES string of the molecule is CCCCCCCCN(CCCCC)CCCCOCc1cccc(-c2cccc(COCCCCN(CCCCC)CCCCCCCC)c2)c1. The molecular formula is C48H84N2O2. The lowest BCUT2D eigenvalue weighted by Crippen LogP contribution is -2.27. The van der Waals surface area contributed by atoms with Crippen LogP contribution in [0.15, 0.2) is 48.5 Å². The first-order valence-corrected chi connectivity index (χ1v) is 22.5. The van der Waals surface area contributed by atoms with Gasteiger partial charge in [-0.3, -0.25) is 0 Å². The number of hydrogen-bond acceptors (Lipinski definition) is 4. The number of rotatable bonds is 37. The summed E-state index contributed by atoms with van der Waals surface area (Å²) in [6.45, 7) is 19.8. The Morgan fingerprint density at radius 2 is 0.673 bits per heavy atom. The summed E-state index contributed by atoms with van der Waals surface area (Å²) in [4.78, 5) is 5.44. The van der Waals surface area contributed by atoms with Crippen molar-refractivity contribution in [3.8, 4) is 11.1 Å². The highest BCUT2D eigenvalue weighted by Crippen LogP contribution is 2.23. The van der Waals surface area contributed by atoms with Crippen molar-refractivity contribution < 1.29 is 9.47 Å². The maximum atomic E-state index is 6.17. The number of ether oxygens (including phenoxy) is 2. The topological polar surface area (TPSA) is 24.9 Å². The molecule has 52 heavy (non-hydrogen) atoms. The molecule has 0 heterocycles. The molecule has 0 bridgehead atoms. The van der Waals surface area contributed by atoms with E-state index in [4.69, 9.17) is 9.47 Å². The van der Waals surface area contributed by atoms with Gasteiger partial charge in [-0.2, -0.15) is 0 Å². The van der Waals surface area contributed by atoms with Crippen LogP contribution < -0.4 is 0 Å². The van der Waals surface area contributed by atoms with Gasteiger partial charge < -0.3 is 19.3 Å². The molecule has 0 N–H and O–H groups in total. The predicted molar refractivity (Wildman–Crippen MR) is 228 cm³/mol. The molecule has 2 aromatic rings. The molecule has 0 radical (unpaired) electrons. The van der Waals surface area contributed by atoms with Crippen LogP contribution in [0, 0.1) is 0 Å². The molecule has 4 heteroatoms. The quantitative estimate of drug-likeness (QED) is 0.0649. The summed E-state index contributed by atoms with van der Waals surface area (Å²) in [5.74, 6) is 0. The minimum atomic E-state index is 0.684. The Labute approximate surface area is 323 Å². The summed E-state index contributed by atoms with van der Waals surface area (Å²) >= 11 is 0. The number of nitrogens with zero attached hydrogens (tertiary/aromatic N) is 2. The van der Waals surface area contributed by atoms with E-state index in [1.165, 1.54) is 190 Å². The largest absolute Gasteiger partial charge is 0.377 e. The second-order valence-corrected chi connectivity index (χ2v) is 15.6. The van der Waals surface area contributed by atoms with Gasteiger partial charge in [0, 0.05) is 13.2 Å². The Morgan fingerprint density at radius 1 is 0.365 bits per heavy atom. The standard InChI is InChI=1S/C48H84N2O2/c1-5-9-13-15-17-21-35-49(33-19-11-7-3)37-23-25-39-51-43-45-29-27-31-47(41-45)48-32-28-30-46(42-48)44-52-40-26-24-38-50(34-20-12-8-4)36-22-18-16-14-10-6-2/h27-32,41-42H,5-26,33-40,43-44H2,1-4H3. The maximum Gasteiger partial charge on any atom is 0.0717 e. The number of benzene rings is 2. The third kappa shape index (κ3) is 24.6. The summed E-state index contributed by atoms with van der Waals surface area (Å²) in [6, 6.07) is 17.8. The van der Waals surface area contributed by atoms with Gasteiger partial charge in [0.05, 0.1) is 13.2 Å². The van der Waals surface area contributed by atoms with Gasteiger partial charge in [0.2, 0.25) is 0 Å². The van der Waals surface area contributed by atoms with E-state index in [1.54, 1.807) is 0 Å². The van der Waals surface area contributed by atoms with Crippen molar-refractivity contribution in [3.63, 3.8) is 0 Å². The first-order chi connectivity index (χ1) is 25.7. The Kier molecular flexibility index (Phi) is 30.2. The summed E-state index contributed by atoms with van der Waals surface area (Å²) in [5, 5.41) is 0. The predicted octanol–water partition coefficient (Wildman–Crippen LogP) is 13.7. The van der Waals surface area contributed by atoms with Crippen LogP contribution in [0.25, 0.3) is 11.1 Å². The van der Waals surface area contributed by atoms with Crippen LogP contribution in [0.2, 0.25) is 0 Å². The maximum absolute atomic E-state index is 6.17. The molecule has 0 fully saturated rings. The van der Waals surface area contributed by atoms with Crippen molar-refractivity contribution in [1.29, 1.82) is 0 Å². The zero-order chi connectivity index (χ0) is 37.2. The van der Waals surface area contributed by atoms with Gasteiger partial charge in [0.15, 0.2) is 0 Å². The van der Waals surface area contributed by atoms with Gasteiger partial charge >= 0.3 is 0 Å². The van der Waals surface area contributed by atoms with Crippen molar-refractivity contribution in [3.05, 3.63) is 59.7 Å². The van der Waals surface area contributed by atoms with Crippen LogP contribution in [-0.4, -0.2) is 62.3 Å². The van der Waals surface area contributed by atoms with Crippen molar-refractivity contribution in [2.24, 2.45) is 0 Å². The second-order valence-electron chi connectivity index (χ2n) is 15.6. The van der Waals surface area contributed by atoms with Crippen LogP contribution in [0.1, 0.15) is 180 Å². The Hall–Kier alpha value is -1.72. The molecule has 4 nitrogen and oxygen atoms in total. The highest BCUT2D eigenvalue weighted by Gasteiger charge is 2.07. The lowest BCUT2D eigenvalue weighted by Gasteiger charge is -2.22. The molecule has 0 saturated heterocycles. The molecule has 0 aliphatic carbocycles. The molecule has 0 unspecified atom stereocenters. The first kappa shape index (κ1) is 46.4. The molecule has 0 amide bonds. The summed E-state index contributed by atoms with van der Waals surface area (Å²) < 4.78 is 12.3. The van der Waals surface area contributed by atoms with Gasteiger partial charge in [0.1, 0.15) is 0 Å². The van der Waals surface area contributed by atoms with E-state index in [1.807, 2.05) is 0 Å². The van der Waals surface area contributed by atoms with E-state index < -0.39 is 0 Å². The lowest BCUT2D eigenvalue weighted by molar-refractivity contribution is 0.113. The second kappa shape index (κ2) is 33.8. The molecule has 0 aliphatic rings. The van der Waals surface area contributed by atoms with Crippen LogP contribution in [-0.2, 0) is 22.7 Å². The summed E-state index contributed by atoms with van der Waals surface area (Å²) in [6.07, 6.45) is 29.3. The van der Waals surface area contributed by atoms with Crippen LogP contribution in [0.4, 0.5) is 0 Å². The number of hydrogen-bond donors (Lipinski definition) is 0. The van der Waals surface area contributed by atoms with Crippen molar-refractivity contribution in [1.82, 2.24) is 9.80 Å². The van der Waals surface area contributed by atoms with Crippen molar-refractivity contribution in [2.45, 2.75) is 182 Å². The van der Waals surface area contributed by atoms with E-state index in [9.17, 15) is 0 Å². The molecule has 0 aliphatic heterocycles. The molecule has 2 aromatic carbocycles. The summed E-state index contributed by atoms with van der Waals surface area (Å²) in [5.41, 5.74) is 5.02. The molecular weight excluding hydrogens is 637 g/mol. The van der Waals surface area contributed by atoms with E-state index in [0.29, 0.717) is 13.2 Å². The highest BCUT2D eigenvalue weighted by atomic mass is 16.5. The minimum absolute atomic E-state index is 0.684. The van der Waals surface area contributed by atoms with E-state index >= 15 is 0 Å². The van der Waals surface area contributed by atoms with Crippen LogP contribution in [0.5, 0.6) is 0 Å². The van der Waals surface area contributed by atoms with E-state index in [2.05, 4.69) is 86.0 Å². The molecule has 0 aromatic heterocycles. The fraction of sp³-hybridized carbons (Fsp3) is 0.750. The van der Waals surface area contributed by atoms with Crippen LogP contribution >= 0.6 is 0 Å². The normalized spacial score (nSPS) is 11.7. The van der Waals surface area contributed by atoms with Gasteiger partial charge in [0.25, 0.3) is 0 Å². The molecule has 0 atom stereocenters. The Balaban J connectivity index is 1.68. The smallest absolute Gasteiger partial charge is 0.0717 e. The average Bonchev–Trinajstić information content (AvgIpc) is 3.17. The third-order valence-electron chi connectivity index (χ3n) is 10.6. The Morgan fingerprint density at radius 3 is 1.06 bits per heavy atom. The molecule has 2 rings (SSSR count). The fourth-order valence-electron chi connectivity index (χ4n) is 7.21. The van der Waals surface area contributed by atoms with E-state index in [-0.39, 0.29) is 0 Å². The fourth-order valence-corrected chi connectivity index (χ4v) is 7.21. The van der Waals surface area contributed by atoms with Crippen LogP contribution in [0.3, 0.4) is 0 Å². The zero-order valence-corrected chi connectivity index (χ0v) is 35.0. The highest BCUT2D eigenvalue weighted by molar-refractivity contribution is 5.64. The van der Waals surface area contributed by atoms with Crippen molar-refractivity contribution in [2.75, 3.05) is 52.5 Å². The van der Waals surface area contributed by atoms with Gasteiger partial charge in [-0.1, -0.05) is 154 Å². The van der Waals surface area contributed by atoms with Gasteiger partial charge in [-0.05, 0) is 125 Å². The zero-order valence-electron chi connectivity index (χ0n) is 35.0. The molecule has 0 saturated carbocycles. The van der Waals surface area contributed by atoms with Gasteiger partial charge in [-0.15, -0.1) is 0 Å². The van der Waals surface area contributed by atoms with Crippen molar-refractivity contribution >= 4 is 0 Å².